The van der Waals surface area contributed by atoms with Crippen LogP contribution in [-0.4, -0.2) is 29.9 Å². The van der Waals surface area contributed by atoms with Gasteiger partial charge in [0, 0.05) is 6.54 Å². The number of carbonyl (C=O) groups is 2. The molecule has 4 nitrogen and oxygen atoms in total. The van der Waals surface area contributed by atoms with Crippen molar-refractivity contribution in [3.63, 3.8) is 0 Å². The highest BCUT2D eigenvalue weighted by Crippen LogP contribution is 2.29. The summed E-state index contributed by atoms with van der Waals surface area (Å²) in [4.78, 5) is 25.3. The molecule has 0 aromatic heterocycles. The van der Waals surface area contributed by atoms with Gasteiger partial charge in [-0.15, -0.1) is 11.8 Å². The van der Waals surface area contributed by atoms with E-state index in [4.69, 9.17) is 0 Å². The van der Waals surface area contributed by atoms with E-state index in [0.29, 0.717) is 11.5 Å². The molecule has 18 heavy (non-hydrogen) atoms. The summed E-state index contributed by atoms with van der Waals surface area (Å²) in [5.74, 6) is 0.580. The van der Waals surface area contributed by atoms with Gasteiger partial charge in [0.25, 0.3) is 0 Å². The third kappa shape index (κ3) is 1.93. The first-order valence-corrected chi connectivity index (χ1v) is 7.18. The van der Waals surface area contributed by atoms with Gasteiger partial charge < -0.3 is 5.32 Å². The number of hydrogen-bond acceptors (Lipinski definition) is 4. The Morgan fingerprint density at radius 2 is 1.94 bits per heavy atom. The van der Waals surface area contributed by atoms with E-state index in [-0.39, 0.29) is 11.8 Å². The van der Waals surface area contributed by atoms with Crippen LogP contribution in [0.5, 0.6) is 0 Å². The van der Waals surface area contributed by atoms with E-state index in [0.717, 1.165) is 30.8 Å². The first kappa shape index (κ1) is 11.7. The quantitative estimate of drug-likeness (QED) is 0.765. The maximum Gasteiger partial charge on any atom is 0.243 e. The molecular formula is C13H14N2O2S. The number of anilines is 1. The van der Waals surface area contributed by atoms with Gasteiger partial charge in [0.15, 0.2) is 0 Å². The van der Waals surface area contributed by atoms with Crippen LogP contribution < -0.4 is 10.2 Å². The molecule has 1 saturated heterocycles. The van der Waals surface area contributed by atoms with Crippen LogP contribution in [0.25, 0.3) is 0 Å². The van der Waals surface area contributed by atoms with Crippen molar-refractivity contribution in [1.82, 2.24) is 5.32 Å². The van der Waals surface area contributed by atoms with Gasteiger partial charge in [0.05, 0.1) is 17.2 Å². The van der Waals surface area contributed by atoms with E-state index < -0.39 is 0 Å². The normalized spacial score (nSPS) is 19.9. The standard InChI is InChI=1S/C13H14N2O2S/c16-12-7-18-8-13(17)15(12)11-3-1-2-9-4-5-14-6-10(9)11/h1-3,14H,4-8H2. The Bertz CT molecular complexity index is 500. The summed E-state index contributed by atoms with van der Waals surface area (Å²) in [5, 5.41) is 3.30. The largest absolute Gasteiger partial charge is 0.312 e. The van der Waals surface area contributed by atoms with Crippen LogP contribution in [-0.2, 0) is 22.6 Å². The van der Waals surface area contributed by atoms with Crippen molar-refractivity contribution in [2.24, 2.45) is 0 Å². The van der Waals surface area contributed by atoms with E-state index in [1.165, 1.54) is 22.2 Å². The molecule has 0 saturated carbocycles. The predicted molar refractivity (Wildman–Crippen MR) is 71.7 cm³/mol. The van der Waals surface area contributed by atoms with E-state index in [2.05, 4.69) is 11.4 Å². The topological polar surface area (TPSA) is 49.4 Å². The molecule has 1 aromatic rings. The molecule has 3 rings (SSSR count). The predicted octanol–water partition coefficient (Wildman–Crippen LogP) is 0.939. The number of benzene rings is 1. The molecule has 1 N–H and O–H groups in total. The Morgan fingerprint density at radius 3 is 2.72 bits per heavy atom. The fraction of sp³-hybridized carbons (Fsp3) is 0.385. The van der Waals surface area contributed by atoms with Crippen LogP contribution in [0.3, 0.4) is 0 Å². The lowest BCUT2D eigenvalue weighted by Gasteiger charge is -2.29. The van der Waals surface area contributed by atoms with E-state index in [9.17, 15) is 9.59 Å². The molecule has 94 valence electrons. The second-order valence-corrected chi connectivity index (χ2v) is 5.44. The maximum absolute atomic E-state index is 12.0. The number of fused-ring (bicyclic) bond motifs is 1. The summed E-state index contributed by atoms with van der Waals surface area (Å²) < 4.78 is 0. The zero-order valence-electron chi connectivity index (χ0n) is 9.94. The Kier molecular flexibility index (Phi) is 3.09. The number of nitrogens with zero attached hydrogens (tertiary/aromatic N) is 1. The Hall–Kier alpha value is -1.33. The van der Waals surface area contributed by atoms with Gasteiger partial charge in [-0.1, -0.05) is 12.1 Å². The molecule has 2 amide bonds. The van der Waals surface area contributed by atoms with E-state index >= 15 is 0 Å². The summed E-state index contributed by atoms with van der Waals surface area (Å²) in [6.07, 6.45) is 0.953. The molecule has 5 heteroatoms. The third-order valence-electron chi connectivity index (χ3n) is 3.31. The average Bonchev–Trinajstić information content (AvgIpc) is 2.39. The number of carbonyl (C=O) groups excluding carboxylic acids is 2. The number of thioether (sulfide) groups is 1. The summed E-state index contributed by atoms with van der Waals surface area (Å²) in [5.41, 5.74) is 3.11. The van der Waals surface area contributed by atoms with Crippen molar-refractivity contribution in [3.05, 3.63) is 29.3 Å². The summed E-state index contributed by atoms with van der Waals surface area (Å²) in [6, 6.07) is 5.88. The van der Waals surface area contributed by atoms with Gasteiger partial charge in [0.1, 0.15) is 0 Å². The monoisotopic (exact) mass is 262 g/mol. The molecule has 2 aliphatic heterocycles. The second kappa shape index (κ2) is 4.74. The zero-order valence-corrected chi connectivity index (χ0v) is 10.8. The molecule has 0 aliphatic carbocycles. The van der Waals surface area contributed by atoms with Gasteiger partial charge in [-0.25, -0.2) is 4.90 Å². The van der Waals surface area contributed by atoms with Crippen LogP contribution in [0.15, 0.2) is 18.2 Å². The minimum atomic E-state index is -0.102. The molecule has 0 bridgehead atoms. The maximum atomic E-state index is 12.0. The summed E-state index contributed by atoms with van der Waals surface area (Å²) in [7, 11) is 0. The molecular weight excluding hydrogens is 248 g/mol. The Balaban J connectivity index is 2.05. The first-order valence-electron chi connectivity index (χ1n) is 6.02. The van der Waals surface area contributed by atoms with Crippen LogP contribution in [0.2, 0.25) is 0 Å². The van der Waals surface area contributed by atoms with Crippen molar-refractivity contribution < 1.29 is 9.59 Å². The highest BCUT2D eigenvalue weighted by molar-refractivity contribution is 8.00. The minimum Gasteiger partial charge on any atom is -0.312 e. The van der Waals surface area contributed by atoms with Crippen LogP contribution in [0.4, 0.5) is 5.69 Å². The Morgan fingerprint density at radius 1 is 1.17 bits per heavy atom. The molecule has 2 heterocycles. The molecule has 0 unspecified atom stereocenters. The van der Waals surface area contributed by atoms with Crippen LogP contribution in [0, 0.1) is 0 Å². The van der Waals surface area contributed by atoms with Gasteiger partial charge in [-0.3, -0.25) is 9.59 Å². The van der Waals surface area contributed by atoms with E-state index in [1.807, 2.05) is 12.1 Å². The van der Waals surface area contributed by atoms with Crippen molar-refractivity contribution in [2.45, 2.75) is 13.0 Å². The lowest BCUT2D eigenvalue weighted by molar-refractivity contribution is -0.124. The second-order valence-electron chi connectivity index (χ2n) is 4.46. The summed E-state index contributed by atoms with van der Waals surface area (Å²) in [6.45, 7) is 1.68. The molecule has 1 aromatic carbocycles. The van der Waals surface area contributed by atoms with Gasteiger partial charge in [0.2, 0.25) is 11.8 Å². The molecule has 0 atom stereocenters. The van der Waals surface area contributed by atoms with Gasteiger partial charge in [-0.05, 0) is 30.2 Å². The fourth-order valence-electron chi connectivity index (χ4n) is 2.47. The highest BCUT2D eigenvalue weighted by atomic mass is 32.2. The highest BCUT2D eigenvalue weighted by Gasteiger charge is 2.30. The zero-order chi connectivity index (χ0) is 12.5. The number of imide groups is 1. The SMILES string of the molecule is O=C1CSCC(=O)N1c1cccc2c1CNCC2. The first-order chi connectivity index (χ1) is 8.77. The van der Waals surface area contributed by atoms with Gasteiger partial charge in [-0.2, -0.15) is 0 Å². The third-order valence-corrected chi connectivity index (χ3v) is 4.21. The number of hydrogen-bond donors (Lipinski definition) is 1. The van der Waals surface area contributed by atoms with E-state index in [1.54, 1.807) is 0 Å². The number of rotatable bonds is 1. The lowest BCUT2D eigenvalue weighted by atomic mass is 9.98. The summed E-state index contributed by atoms with van der Waals surface area (Å²) >= 11 is 1.39. The number of nitrogens with one attached hydrogen (secondary N) is 1. The fourth-order valence-corrected chi connectivity index (χ4v) is 3.18. The average molecular weight is 262 g/mol. The van der Waals surface area contributed by atoms with Gasteiger partial charge >= 0.3 is 0 Å². The van der Waals surface area contributed by atoms with Crippen molar-refractivity contribution in [1.29, 1.82) is 0 Å². The molecule has 0 radical (unpaired) electrons. The molecule has 1 fully saturated rings. The van der Waals surface area contributed by atoms with Crippen molar-refractivity contribution in [3.8, 4) is 0 Å². The Labute approximate surface area is 110 Å². The van der Waals surface area contributed by atoms with Crippen molar-refractivity contribution >= 4 is 29.3 Å². The molecule has 0 spiro atoms. The number of amides is 2. The van der Waals surface area contributed by atoms with Crippen LogP contribution >= 0.6 is 11.8 Å². The van der Waals surface area contributed by atoms with Crippen LogP contribution in [0.1, 0.15) is 11.1 Å². The minimum absolute atomic E-state index is 0.102. The molecule has 2 aliphatic rings. The smallest absolute Gasteiger partial charge is 0.243 e. The van der Waals surface area contributed by atoms with Crippen molar-refractivity contribution in [2.75, 3.05) is 23.0 Å². The lowest BCUT2D eigenvalue weighted by Crippen LogP contribution is -2.44.